The van der Waals surface area contributed by atoms with Crippen LogP contribution in [0.5, 0.6) is 11.5 Å². The summed E-state index contributed by atoms with van der Waals surface area (Å²) in [5, 5.41) is 11.8. The number of amides is 1. The van der Waals surface area contributed by atoms with Gasteiger partial charge in [0.15, 0.2) is 11.5 Å². The Morgan fingerprint density at radius 2 is 2.00 bits per heavy atom. The number of fused-ring (bicyclic) bond motifs is 1. The van der Waals surface area contributed by atoms with Gasteiger partial charge in [0, 0.05) is 0 Å². The van der Waals surface area contributed by atoms with Crippen LogP contribution in [-0.2, 0) is 9.59 Å². The van der Waals surface area contributed by atoms with Crippen molar-refractivity contribution in [3.05, 3.63) is 23.8 Å². The quantitative estimate of drug-likeness (QED) is 0.865. The Bertz CT molecular complexity index is 600. The van der Waals surface area contributed by atoms with Crippen molar-refractivity contribution in [1.29, 1.82) is 0 Å². The standard InChI is InChI=1S/C16H19NO5/c1-2-12(17-15(18)10-8-11(10)16(19)20)9-3-4-13-14(7-9)22-6-5-21-13/h3-4,7,10-12H,2,5-6,8H2,1H3,(H,17,18)(H,19,20)/t10-,11+,12+/m1/s1. The number of aliphatic carboxylic acids is 1. The molecule has 6 heteroatoms. The van der Waals surface area contributed by atoms with Gasteiger partial charge in [-0.05, 0) is 30.5 Å². The molecule has 1 aromatic rings. The second-order valence-electron chi connectivity index (χ2n) is 5.66. The molecule has 3 rings (SSSR count). The van der Waals surface area contributed by atoms with Crippen LogP contribution in [0, 0.1) is 11.8 Å². The van der Waals surface area contributed by atoms with Gasteiger partial charge in [-0.1, -0.05) is 13.0 Å². The zero-order chi connectivity index (χ0) is 15.7. The maximum absolute atomic E-state index is 12.1. The third-order valence-corrected chi connectivity index (χ3v) is 4.14. The molecule has 3 atom stereocenters. The predicted octanol–water partition coefficient (Wildman–Crippen LogP) is 1.75. The van der Waals surface area contributed by atoms with Crippen molar-refractivity contribution in [3.8, 4) is 11.5 Å². The molecule has 1 aliphatic carbocycles. The number of carboxylic acid groups (broad SMARTS) is 1. The van der Waals surface area contributed by atoms with Gasteiger partial charge in [-0.2, -0.15) is 0 Å². The average molecular weight is 305 g/mol. The van der Waals surface area contributed by atoms with Crippen LogP contribution in [0.15, 0.2) is 18.2 Å². The number of benzene rings is 1. The van der Waals surface area contributed by atoms with E-state index in [4.69, 9.17) is 14.6 Å². The summed E-state index contributed by atoms with van der Waals surface area (Å²) in [6.07, 6.45) is 1.15. The minimum Gasteiger partial charge on any atom is -0.486 e. The topological polar surface area (TPSA) is 84.9 Å². The molecule has 2 aliphatic rings. The normalized spacial score (nSPS) is 23.5. The van der Waals surface area contributed by atoms with Crippen molar-refractivity contribution in [2.45, 2.75) is 25.8 Å². The number of hydrogen-bond acceptors (Lipinski definition) is 4. The third-order valence-electron chi connectivity index (χ3n) is 4.14. The van der Waals surface area contributed by atoms with Crippen LogP contribution in [0.2, 0.25) is 0 Å². The zero-order valence-electron chi connectivity index (χ0n) is 12.4. The first kappa shape index (κ1) is 14.7. The lowest BCUT2D eigenvalue weighted by atomic mass is 10.0. The molecule has 1 amide bonds. The van der Waals surface area contributed by atoms with E-state index in [9.17, 15) is 9.59 Å². The Hall–Kier alpha value is -2.24. The summed E-state index contributed by atoms with van der Waals surface area (Å²) in [5.74, 6) is -0.612. The van der Waals surface area contributed by atoms with E-state index in [1.165, 1.54) is 0 Å². The van der Waals surface area contributed by atoms with Gasteiger partial charge in [-0.3, -0.25) is 9.59 Å². The summed E-state index contributed by atoms with van der Waals surface area (Å²) >= 11 is 0. The van der Waals surface area contributed by atoms with E-state index in [2.05, 4.69) is 5.32 Å². The summed E-state index contributed by atoms with van der Waals surface area (Å²) in [4.78, 5) is 23.0. The smallest absolute Gasteiger partial charge is 0.307 e. The molecule has 0 aromatic heterocycles. The summed E-state index contributed by atoms with van der Waals surface area (Å²) in [6, 6.07) is 5.47. The number of ether oxygens (including phenoxy) is 2. The Balaban J connectivity index is 1.69. The predicted molar refractivity (Wildman–Crippen MR) is 77.8 cm³/mol. The van der Waals surface area contributed by atoms with Crippen LogP contribution in [0.25, 0.3) is 0 Å². The first-order valence-corrected chi connectivity index (χ1v) is 7.53. The van der Waals surface area contributed by atoms with Crippen LogP contribution in [0.1, 0.15) is 31.4 Å². The number of carboxylic acids is 1. The summed E-state index contributed by atoms with van der Waals surface area (Å²) in [5.41, 5.74) is 0.938. The molecule has 0 radical (unpaired) electrons. The molecule has 0 bridgehead atoms. The molecule has 0 spiro atoms. The highest BCUT2D eigenvalue weighted by molar-refractivity contribution is 5.89. The van der Waals surface area contributed by atoms with Gasteiger partial charge in [0.1, 0.15) is 13.2 Å². The van der Waals surface area contributed by atoms with Crippen molar-refractivity contribution in [2.75, 3.05) is 13.2 Å². The molecule has 6 nitrogen and oxygen atoms in total. The van der Waals surface area contributed by atoms with E-state index in [0.717, 1.165) is 12.0 Å². The molecule has 2 N–H and O–H groups in total. The fourth-order valence-electron chi connectivity index (χ4n) is 2.73. The van der Waals surface area contributed by atoms with E-state index in [1.54, 1.807) is 0 Å². The maximum Gasteiger partial charge on any atom is 0.307 e. The average Bonchev–Trinajstić information content (AvgIpc) is 3.33. The Labute approximate surface area is 128 Å². The fourth-order valence-corrected chi connectivity index (χ4v) is 2.73. The van der Waals surface area contributed by atoms with Gasteiger partial charge >= 0.3 is 5.97 Å². The Kier molecular flexibility index (Phi) is 3.92. The van der Waals surface area contributed by atoms with Crippen LogP contribution in [0.4, 0.5) is 0 Å². The number of carbonyl (C=O) groups is 2. The molecular weight excluding hydrogens is 286 g/mol. The van der Waals surface area contributed by atoms with Crippen molar-refractivity contribution >= 4 is 11.9 Å². The number of nitrogens with one attached hydrogen (secondary N) is 1. The van der Waals surface area contributed by atoms with Gasteiger partial charge < -0.3 is 19.9 Å². The molecule has 1 aliphatic heterocycles. The van der Waals surface area contributed by atoms with Gasteiger partial charge in [0.05, 0.1) is 17.9 Å². The van der Waals surface area contributed by atoms with E-state index in [1.807, 2.05) is 25.1 Å². The first-order valence-electron chi connectivity index (χ1n) is 7.53. The van der Waals surface area contributed by atoms with Crippen molar-refractivity contribution < 1.29 is 24.2 Å². The molecule has 0 saturated heterocycles. The van der Waals surface area contributed by atoms with Crippen LogP contribution < -0.4 is 14.8 Å². The monoisotopic (exact) mass is 305 g/mol. The highest BCUT2D eigenvalue weighted by atomic mass is 16.6. The molecular formula is C16H19NO5. The highest BCUT2D eigenvalue weighted by Crippen LogP contribution is 2.39. The number of rotatable bonds is 5. The SMILES string of the molecule is CC[C@H](NC(=O)[C@@H]1C[C@@H]1C(=O)O)c1ccc2c(c1)OCCO2. The summed E-state index contributed by atoms with van der Waals surface area (Å²) in [6.45, 7) is 3.03. The molecule has 1 saturated carbocycles. The van der Waals surface area contributed by atoms with Gasteiger partial charge in [0.2, 0.25) is 5.91 Å². The molecule has 22 heavy (non-hydrogen) atoms. The van der Waals surface area contributed by atoms with E-state index in [0.29, 0.717) is 31.1 Å². The van der Waals surface area contributed by atoms with Gasteiger partial charge in [0.25, 0.3) is 0 Å². The van der Waals surface area contributed by atoms with Crippen molar-refractivity contribution in [2.24, 2.45) is 11.8 Å². The Morgan fingerprint density at radius 1 is 1.27 bits per heavy atom. The molecule has 1 heterocycles. The highest BCUT2D eigenvalue weighted by Gasteiger charge is 2.48. The number of carbonyl (C=O) groups excluding carboxylic acids is 1. The summed E-state index contributed by atoms with van der Waals surface area (Å²) in [7, 11) is 0. The fraction of sp³-hybridized carbons (Fsp3) is 0.500. The molecule has 1 aromatic carbocycles. The molecule has 1 fully saturated rings. The van der Waals surface area contributed by atoms with Gasteiger partial charge in [-0.15, -0.1) is 0 Å². The second kappa shape index (κ2) is 5.87. The second-order valence-corrected chi connectivity index (χ2v) is 5.66. The minimum atomic E-state index is -0.896. The summed E-state index contributed by atoms with van der Waals surface area (Å²) < 4.78 is 11.0. The van der Waals surface area contributed by atoms with Crippen molar-refractivity contribution in [3.63, 3.8) is 0 Å². The van der Waals surface area contributed by atoms with Crippen LogP contribution in [0.3, 0.4) is 0 Å². The zero-order valence-corrected chi connectivity index (χ0v) is 12.4. The van der Waals surface area contributed by atoms with E-state index in [-0.39, 0.29) is 11.9 Å². The Morgan fingerprint density at radius 3 is 2.64 bits per heavy atom. The third kappa shape index (κ3) is 2.86. The lowest BCUT2D eigenvalue weighted by Crippen LogP contribution is -2.30. The lowest BCUT2D eigenvalue weighted by molar-refractivity contribution is -0.140. The minimum absolute atomic E-state index is 0.154. The molecule has 0 unspecified atom stereocenters. The molecule has 118 valence electrons. The van der Waals surface area contributed by atoms with Crippen molar-refractivity contribution in [1.82, 2.24) is 5.32 Å². The maximum atomic E-state index is 12.1. The van der Waals surface area contributed by atoms with Crippen LogP contribution in [-0.4, -0.2) is 30.2 Å². The van der Waals surface area contributed by atoms with Gasteiger partial charge in [-0.25, -0.2) is 0 Å². The van der Waals surface area contributed by atoms with E-state index >= 15 is 0 Å². The van der Waals surface area contributed by atoms with E-state index < -0.39 is 17.8 Å². The van der Waals surface area contributed by atoms with Crippen LogP contribution >= 0.6 is 0 Å². The largest absolute Gasteiger partial charge is 0.486 e. The number of hydrogen-bond donors (Lipinski definition) is 2. The first-order chi connectivity index (χ1) is 10.6. The lowest BCUT2D eigenvalue weighted by Gasteiger charge is -2.22.